The predicted molar refractivity (Wildman–Crippen MR) is 59.6 cm³/mol. The first-order valence-electron chi connectivity index (χ1n) is 4.95. The van der Waals surface area contributed by atoms with Crippen molar-refractivity contribution < 1.29 is 23.9 Å². The van der Waals surface area contributed by atoms with E-state index >= 15 is 0 Å². The third-order valence-corrected chi connectivity index (χ3v) is 1.96. The summed E-state index contributed by atoms with van der Waals surface area (Å²) in [5.41, 5.74) is -0.380. The molecule has 0 aromatic carbocycles. The molecule has 0 N–H and O–H groups in total. The molecule has 0 radical (unpaired) electrons. The predicted octanol–water partition coefficient (Wildman–Crippen LogP) is 0.802. The monoisotopic (exact) mass is 256 g/mol. The van der Waals surface area contributed by atoms with Crippen LogP contribution in [0.2, 0.25) is 0 Å². The van der Waals surface area contributed by atoms with Gasteiger partial charge in [-0.2, -0.15) is 0 Å². The van der Waals surface area contributed by atoms with Crippen LogP contribution in [-0.4, -0.2) is 43.3 Å². The molecule has 0 saturated heterocycles. The molecule has 1 rings (SSSR count). The molecule has 0 spiro atoms. The summed E-state index contributed by atoms with van der Waals surface area (Å²) < 4.78 is 14.3. The summed E-state index contributed by atoms with van der Waals surface area (Å²) in [6, 6.07) is 2.34. The van der Waals surface area contributed by atoms with Crippen molar-refractivity contribution in [2.24, 2.45) is 0 Å². The van der Waals surface area contributed by atoms with Gasteiger partial charge in [0.15, 0.2) is 5.69 Å². The summed E-state index contributed by atoms with van der Waals surface area (Å²) in [5, 5.41) is 10.7. The lowest BCUT2D eigenvalue weighted by Gasteiger charge is -2.06. The van der Waals surface area contributed by atoms with E-state index in [2.05, 4.69) is 9.72 Å². The molecule has 1 aromatic heterocycles. The van der Waals surface area contributed by atoms with E-state index in [1.165, 1.54) is 20.3 Å². The number of nitrogens with zero attached hydrogens (tertiary/aromatic N) is 2. The zero-order valence-electron chi connectivity index (χ0n) is 9.91. The number of carbonyl (C=O) groups is 1. The van der Waals surface area contributed by atoms with Crippen LogP contribution in [0.15, 0.2) is 12.1 Å². The molecule has 0 saturated carbocycles. The van der Waals surface area contributed by atoms with Crippen LogP contribution in [-0.2, 0) is 9.47 Å². The highest BCUT2D eigenvalue weighted by Gasteiger charge is 2.20. The third kappa shape index (κ3) is 3.39. The summed E-state index contributed by atoms with van der Waals surface area (Å²) in [6.07, 6.45) is 0. The van der Waals surface area contributed by atoms with Gasteiger partial charge >= 0.3 is 11.7 Å². The van der Waals surface area contributed by atoms with Crippen LogP contribution in [0.25, 0.3) is 0 Å². The second-order valence-corrected chi connectivity index (χ2v) is 3.11. The maximum absolute atomic E-state index is 11.2. The maximum atomic E-state index is 11.2. The van der Waals surface area contributed by atoms with Crippen LogP contribution in [0.4, 0.5) is 5.69 Å². The number of carbonyl (C=O) groups excluding carboxylic acids is 1. The van der Waals surface area contributed by atoms with Gasteiger partial charge < -0.3 is 14.2 Å². The Hall–Kier alpha value is -2.22. The van der Waals surface area contributed by atoms with Crippen molar-refractivity contribution in [3.8, 4) is 5.88 Å². The Morgan fingerprint density at radius 2 is 2.11 bits per heavy atom. The fraction of sp³-hybridized carbons (Fsp3) is 0.400. The smallest absolute Gasteiger partial charge is 0.356 e. The van der Waals surface area contributed by atoms with E-state index in [1.54, 1.807) is 0 Å². The number of rotatable bonds is 6. The summed E-state index contributed by atoms with van der Waals surface area (Å²) in [5.74, 6) is -0.929. The molecule has 0 aliphatic carbocycles. The molecule has 0 bridgehead atoms. The number of aromatic nitrogens is 1. The lowest BCUT2D eigenvalue weighted by molar-refractivity contribution is -0.386. The SMILES string of the molecule is COCCOc1nc(C(=O)OC)ccc1[N+](=O)[O-]. The first kappa shape index (κ1) is 13.8. The van der Waals surface area contributed by atoms with Crippen molar-refractivity contribution in [1.82, 2.24) is 4.98 Å². The number of nitro groups is 1. The van der Waals surface area contributed by atoms with E-state index in [-0.39, 0.29) is 30.5 Å². The topological polar surface area (TPSA) is 101 Å². The molecule has 0 fully saturated rings. The maximum Gasteiger partial charge on any atom is 0.356 e. The molecular weight excluding hydrogens is 244 g/mol. The van der Waals surface area contributed by atoms with Crippen LogP contribution in [0.5, 0.6) is 5.88 Å². The van der Waals surface area contributed by atoms with Gasteiger partial charge in [0.2, 0.25) is 0 Å². The number of pyridine rings is 1. The number of hydrogen-bond donors (Lipinski definition) is 0. The normalized spacial score (nSPS) is 9.89. The van der Waals surface area contributed by atoms with Gasteiger partial charge in [0.05, 0.1) is 18.6 Å². The molecule has 0 atom stereocenters. The second-order valence-electron chi connectivity index (χ2n) is 3.11. The van der Waals surface area contributed by atoms with E-state index in [0.717, 1.165) is 6.07 Å². The molecule has 8 heteroatoms. The van der Waals surface area contributed by atoms with Crippen molar-refractivity contribution in [2.75, 3.05) is 27.4 Å². The van der Waals surface area contributed by atoms with Crippen LogP contribution < -0.4 is 4.74 Å². The number of hydrogen-bond acceptors (Lipinski definition) is 7. The second kappa shape index (κ2) is 6.50. The number of methoxy groups -OCH3 is 2. The van der Waals surface area contributed by atoms with Gasteiger partial charge in [-0.3, -0.25) is 10.1 Å². The molecule has 1 aromatic rings. The van der Waals surface area contributed by atoms with Crippen LogP contribution >= 0.6 is 0 Å². The van der Waals surface area contributed by atoms with Gasteiger partial charge in [0.25, 0.3) is 5.88 Å². The van der Waals surface area contributed by atoms with E-state index in [0.29, 0.717) is 0 Å². The zero-order chi connectivity index (χ0) is 13.5. The Kier molecular flexibility index (Phi) is 5.00. The Labute approximate surface area is 103 Å². The lowest BCUT2D eigenvalue weighted by Crippen LogP contribution is -2.10. The van der Waals surface area contributed by atoms with Crippen LogP contribution in [0.3, 0.4) is 0 Å². The fourth-order valence-electron chi connectivity index (χ4n) is 1.12. The quantitative estimate of drug-likeness (QED) is 0.321. The van der Waals surface area contributed by atoms with Gasteiger partial charge in [-0.15, -0.1) is 0 Å². The Morgan fingerprint density at radius 3 is 2.67 bits per heavy atom. The van der Waals surface area contributed by atoms with Crippen molar-refractivity contribution >= 4 is 11.7 Å². The Balaban J connectivity index is 2.99. The first-order valence-corrected chi connectivity index (χ1v) is 4.95. The molecule has 0 unspecified atom stereocenters. The Morgan fingerprint density at radius 1 is 1.39 bits per heavy atom. The fourth-order valence-corrected chi connectivity index (χ4v) is 1.12. The third-order valence-electron chi connectivity index (χ3n) is 1.96. The highest BCUT2D eigenvalue weighted by Crippen LogP contribution is 2.24. The van der Waals surface area contributed by atoms with Crippen LogP contribution in [0, 0.1) is 10.1 Å². The van der Waals surface area contributed by atoms with Gasteiger partial charge in [-0.05, 0) is 6.07 Å². The van der Waals surface area contributed by atoms with Crippen molar-refractivity contribution in [1.29, 1.82) is 0 Å². The van der Waals surface area contributed by atoms with Gasteiger partial charge in [-0.25, -0.2) is 9.78 Å². The molecule has 0 amide bonds. The largest absolute Gasteiger partial charge is 0.470 e. The van der Waals surface area contributed by atoms with Crippen molar-refractivity contribution in [3.05, 3.63) is 27.9 Å². The van der Waals surface area contributed by atoms with E-state index in [4.69, 9.17) is 9.47 Å². The number of ether oxygens (including phenoxy) is 3. The standard InChI is InChI=1S/C10H12N2O6/c1-16-5-6-18-9-8(12(14)15)4-3-7(11-9)10(13)17-2/h3-4H,5-6H2,1-2H3. The summed E-state index contributed by atoms with van der Waals surface area (Å²) in [7, 11) is 2.66. The lowest BCUT2D eigenvalue weighted by atomic mass is 10.3. The van der Waals surface area contributed by atoms with Crippen molar-refractivity contribution in [2.45, 2.75) is 0 Å². The summed E-state index contributed by atoms with van der Waals surface area (Å²) in [4.78, 5) is 25.1. The zero-order valence-corrected chi connectivity index (χ0v) is 9.91. The van der Waals surface area contributed by atoms with Gasteiger partial charge in [0, 0.05) is 13.2 Å². The van der Waals surface area contributed by atoms with E-state index in [1.807, 2.05) is 0 Å². The molecular formula is C10H12N2O6. The van der Waals surface area contributed by atoms with Gasteiger partial charge in [-0.1, -0.05) is 0 Å². The molecule has 0 aliphatic rings. The van der Waals surface area contributed by atoms with Crippen molar-refractivity contribution in [3.63, 3.8) is 0 Å². The molecule has 1 heterocycles. The van der Waals surface area contributed by atoms with Crippen LogP contribution in [0.1, 0.15) is 10.5 Å². The Bertz CT molecular complexity index is 448. The minimum absolute atomic E-state index is 0.0597. The molecule has 0 aliphatic heterocycles. The highest BCUT2D eigenvalue weighted by molar-refractivity contribution is 5.87. The first-order chi connectivity index (χ1) is 8.60. The minimum Gasteiger partial charge on any atom is -0.470 e. The minimum atomic E-state index is -0.693. The van der Waals surface area contributed by atoms with E-state index in [9.17, 15) is 14.9 Å². The molecule has 18 heavy (non-hydrogen) atoms. The molecule has 8 nitrogen and oxygen atoms in total. The highest BCUT2D eigenvalue weighted by atomic mass is 16.6. The number of esters is 1. The summed E-state index contributed by atoms with van der Waals surface area (Å²) >= 11 is 0. The van der Waals surface area contributed by atoms with Gasteiger partial charge in [0.1, 0.15) is 6.61 Å². The summed E-state index contributed by atoms with van der Waals surface area (Å²) in [6.45, 7) is 0.344. The molecule has 98 valence electrons. The van der Waals surface area contributed by atoms with E-state index < -0.39 is 10.9 Å². The average Bonchev–Trinajstić information content (AvgIpc) is 2.37. The average molecular weight is 256 g/mol.